The quantitative estimate of drug-likeness (QED) is 0.0320. The highest BCUT2D eigenvalue weighted by Gasteiger charge is 2.18. The average molecular weight is 1170 g/mol. The second-order valence-electron chi connectivity index (χ2n) is 26.0. The molecule has 0 aromatic rings. The zero-order valence-electron chi connectivity index (χ0n) is 56.2. The van der Waals surface area contributed by atoms with E-state index in [2.05, 4.69) is 43.5 Å². The summed E-state index contributed by atoms with van der Waals surface area (Å²) in [6.45, 7) is 4.92. The third kappa shape index (κ3) is 69.1. The number of amides is 1. The first-order valence-corrected chi connectivity index (χ1v) is 37.8. The topological polar surface area (TPSA) is 95.9 Å². The van der Waals surface area contributed by atoms with Crippen molar-refractivity contribution < 1.29 is 24.5 Å². The van der Waals surface area contributed by atoms with Gasteiger partial charge in [-0.15, -0.1) is 0 Å². The second-order valence-corrected chi connectivity index (χ2v) is 26.0. The van der Waals surface area contributed by atoms with E-state index in [4.69, 9.17) is 4.74 Å². The standard InChI is InChI=1S/C77H147NO5/c1-3-5-7-9-11-13-15-16-17-41-45-48-51-55-59-63-67-71-77(82)83-72-68-64-60-56-52-49-46-43-40-38-36-34-32-30-28-26-24-22-20-18-19-21-23-25-27-29-31-33-35-37-39-42-44-47-50-54-58-62-66-70-76(81)78-74(73-79)75(80)69-65-61-57-53-14-12-10-8-6-4-2/h18-19,22,24,65,69,74-75,79-80H,3-17,20-21,23,25-64,66-68,70-73H2,1-2H3,(H,78,81)/b19-18-,24-22-,69-65+. The number of rotatable bonds is 71. The zero-order chi connectivity index (χ0) is 59.9. The van der Waals surface area contributed by atoms with Crippen LogP contribution in [-0.2, 0) is 14.3 Å². The monoisotopic (exact) mass is 1170 g/mol. The van der Waals surface area contributed by atoms with E-state index in [1.807, 2.05) is 6.08 Å². The van der Waals surface area contributed by atoms with Crippen molar-refractivity contribution >= 4 is 11.9 Å². The number of esters is 1. The first kappa shape index (κ1) is 81.1. The fourth-order valence-corrected chi connectivity index (χ4v) is 11.9. The molecule has 3 N–H and O–H groups in total. The third-order valence-electron chi connectivity index (χ3n) is 17.7. The lowest BCUT2D eigenvalue weighted by Gasteiger charge is -2.20. The van der Waals surface area contributed by atoms with Crippen LogP contribution in [0.1, 0.15) is 418 Å². The second kappa shape index (κ2) is 72.6. The summed E-state index contributed by atoms with van der Waals surface area (Å²) in [5.41, 5.74) is 0. The number of aliphatic hydroxyl groups excluding tert-OH is 2. The lowest BCUT2D eigenvalue weighted by atomic mass is 10.0. The molecule has 0 fully saturated rings. The summed E-state index contributed by atoms with van der Waals surface area (Å²) in [7, 11) is 0. The van der Waals surface area contributed by atoms with Gasteiger partial charge in [0.1, 0.15) is 0 Å². The van der Waals surface area contributed by atoms with Crippen molar-refractivity contribution in [3.63, 3.8) is 0 Å². The van der Waals surface area contributed by atoms with Crippen LogP contribution in [0.2, 0.25) is 0 Å². The molecule has 0 rings (SSSR count). The van der Waals surface area contributed by atoms with Gasteiger partial charge >= 0.3 is 5.97 Å². The fourth-order valence-electron chi connectivity index (χ4n) is 11.9. The molecule has 2 atom stereocenters. The number of nitrogens with one attached hydrogen (secondary N) is 1. The van der Waals surface area contributed by atoms with Crippen molar-refractivity contribution in [2.24, 2.45) is 0 Å². The molecular formula is C77H147NO5. The van der Waals surface area contributed by atoms with Gasteiger partial charge in [0, 0.05) is 12.8 Å². The first-order chi connectivity index (χ1) is 41.0. The highest BCUT2D eigenvalue weighted by atomic mass is 16.5. The van der Waals surface area contributed by atoms with Crippen LogP contribution in [0.3, 0.4) is 0 Å². The van der Waals surface area contributed by atoms with Crippen molar-refractivity contribution in [1.29, 1.82) is 0 Å². The molecule has 0 bridgehead atoms. The molecule has 0 saturated heterocycles. The predicted octanol–water partition coefficient (Wildman–Crippen LogP) is 24.7. The number of ether oxygens (including phenoxy) is 1. The maximum Gasteiger partial charge on any atom is 0.305 e. The number of carbonyl (C=O) groups excluding carboxylic acids is 2. The third-order valence-corrected chi connectivity index (χ3v) is 17.7. The number of allylic oxidation sites excluding steroid dienone is 5. The number of hydrogen-bond acceptors (Lipinski definition) is 5. The summed E-state index contributed by atoms with van der Waals surface area (Å²) in [4.78, 5) is 24.5. The Morgan fingerprint density at radius 3 is 0.916 bits per heavy atom. The van der Waals surface area contributed by atoms with E-state index in [0.29, 0.717) is 19.4 Å². The van der Waals surface area contributed by atoms with Crippen LogP contribution in [0, 0.1) is 0 Å². The highest BCUT2D eigenvalue weighted by Crippen LogP contribution is 2.19. The van der Waals surface area contributed by atoms with Gasteiger partial charge in [-0.1, -0.05) is 378 Å². The molecule has 0 saturated carbocycles. The maximum absolute atomic E-state index is 12.4. The minimum Gasteiger partial charge on any atom is -0.466 e. The molecule has 83 heavy (non-hydrogen) atoms. The Bertz CT molecular complexity index is 1340. The minimum atomic E-state index is -0.840. The van der Waals surface area contributed by atoms with Gasteiger partial charge in [0.15, 0.2) is 0 Å². The smallest absolute Gasteiger partial charge is 0.305 e. The Labute approximate surface area is 519 Å². The van der Waals surface area contributed by atoms with Crippen molar-refractivity contribution in [3.05, 3.63) is 36.5 Å². The Morgan fingerprint density at radius 1 is 0.337 bits per heavy atom. The average Bonchev–Trinajstić information content (AvgIpc) is 3.48. The number of carbonyl (C=O) groups is 2. The van der Waals surface area contributed by atoms with Crippen molar-refractivity contribution in [2.75, 3.05) is 13.2 Å². The van der Waals surface area contributed by atoms with Gasteiger partial charge in [0.05, 0.1) is 25.4 Å². The summed E-state index contributed by atoms with van der Waals surface area (Å²) in [6.07, 6.45) is 94.2. The number of unbranched alkanes of at least 4 members (excludes halogenated alkanes) is 56. The molecule has 0 aliphatic carbocycles. The first-order valence-electron chi connectivity index (χ1n) is 37.8. The van der Waals surface area contributed by atoms with E-state index in [9.17, 15) is 19.8 Å². The largest absolute Gasteiger partial charge is 0.466 e. The Hall–Kier alpha value is -1.92. The molecular weight excluding hydrogens is 1020 g/mol. The molecule has 0 radical (unpaired) electrons. The van der Waals surface area contributed by atoms with Crippen molar-refractivity contribution in [1.82, 2.24) is 5.32 Å². The van der Waals surface area contributed by atoms with Crippen LogP contribution >= 0.6 is 0 Å². The van der Waals surface area contributed by atoms with Gasteiger partial charge in [-0.3, -0.25) is 9.59 Å². The molecule has 0 aliphatic heterocycles. The molecule has 6 nitrogen and oxygen atoms in total. The Balaban J connectivity index is 3.32. The van der Waals surface area contributed by atoms with Crippen LogP contribution in [0.5, 0.6) is 0 Å². The molecule has 0 heterocycles. The van der Waals surface area contributed by atoms with E-state index in [-0.39, 0.29) is 18.5 Å². The van der Waals surface area contributed by atoms with Gasteiger partial charge in [0.25, 0.3) is 0 Å². The Kier molecular flexibility index (Phi) is 70.9. The minimum absolute atomic E-state index is 0.0246. The van der Waals surface area contributed by atoms with Gasteiger partial charge in [0.2, 0.25) is 5.91 Å². The van der Waals surface area contributed by atoms with Crippen LogP contribution in [0.4, 0.5) is 0 Å². The molecule has 0 aliphatic rings. The van der Waals surface area contributed by atoms with Gasteiger partial charge in [-0.25, -0.2) is 0 Å². The fraction of sp³-hybridized carbons (Fsp3) is 0.896. The SMILES string of the molecule is CCCCCCCCCC/C=C/C(O)C(CO)NC(=O)CCCCCCCCCCCCCCCCCCC/C=C\C/C=C\CCCCCCCCCCCCCCCCCOC(=O)CCCCCCCCCCCCCCCCCCC. The summed E-state index contributed by atoms with van der Waals surface area (Å²) in [5.74, 6) is -0.0407. The predicted molar refractivity (Wildman–Crippen MR) is 366 cm³/mol. The normalized spacial score (nSPS) is 12.7. The van der Waals surface area contributed by atoms with Crippen molar-refractivity contribution in [2.45, 2.75) is 431 Å². The molecule has 6 heteroatoms. The highest BCUT2D eigenvalue weighted by molar-refractivity contribution is 5.76. The molecule has 0 aromatic heterocycles. The maximum atomic E-state index is 12.4. The van der Waals surface area contributed by atoms with Gasteiger partial charge in [-0.05, 0) is 64.2 Å². The van der Waals surface area contributed by atoms with E-state index >= 15 is 0 Å². The lowest BCUT2D eigenvalue weighted by molar-refractivity contribution is -0.143. The van der Waals surface area contributed by atoms with Crippen molar-refractivity contribution in [3.8, 4) is 0 Å². The van der Waals surface area contributed by atoms with Gasteiger partial charge in [-0.2, -0.15) is 0 Å². The van der Waals surface area contributed by atoms with Crippen LogP contribution in [0.15, 0.2) is 36.5 Å². The molecule has 0 aromatic carbocycles. The molecule has 0 spiro atoms. The zero-order valence-corrected chi connectivity index (χ0v) is 56.2. The van der Waals surface area contributed by atoms with E-state index in [0.717, 1.165) is 44.9 Å². The van der Waals surface area contributed by atoms with E-state index in [1.54, 1.807) is 6.08 Å². The summed E-state index contributed by atoms with van der Waals surface area (Å²) in [5, 5.41) is 23.0. The number of aliphatic hydroxyl groups is 2. The number of hydrogen-bond donors (Lipinski definition) is 3. The van der Waals surface area contributed by atoms with Gasteiger partial charge < -0.3 is 20.3 Å². The molecule has 2 unspecified atom stereocenters. The summed E-state index contributed by atoms with van der Waals surface area (Å²) in [6, 6.07) is -0.624. The van der Waals surface area contributed by atoms with E-state index < -0.39 is 12.1 Å². The lowest BCUT2D eigenvalue weighted by Crippen LogP contribution is -2.45. The van der Waals surface area contributed by atoms with Crippen LogP contribution < -0.4 is 5.32 Å². The summed E-state index contributed by atoms with van der Waals surface area (Å²) >= 11 is 0. The van der Waals surface area contributed by atoms with Crippen LogP contribution in [-0.4, -0.2) is 47.4 Å². The van der Waals surface area contributed by atoms with E-state index in [1.165, 1.54) is 347 Å². The molecule has 1 amide bonds. The Morgan fingerprint density at radius 2 is 0.602 bits per heavy atom. The molecule has 490 valence electrons. The summed E-state index contributed by atoms with van der Waals surface area (Å²) < 4.78 is 5.51. The van der Waals surface area contributed by atoms with Crippen LogP contribution in [0.25, 0.3) is 0 Å².